The van der Waals surface area contributed by atoms with Crippen molar-refractivity contribution in [1.29, 1.82) is 0 Å². The fraction of sp³-hybridized carbons (Fsp3) is 0.333. The van der Waals surface area contributed by atoms with Crippen LogP contribution in [0.4, 0.5) is 0 Å². The van der Waals surface area contributed by atoms with Crippen LogP contribution in [0.5, 0.6) is 0 Å². The number of benzene rings is 2. The van der Waals surface area contributed by atoms with Crippen molar-refractivity contribution in [3.8, 4) is 0 Å². The number of nitrogens with one attached hydrogen (secondary N) is 1. The Morgan fingerprint density at radius 3 is 2.36 bits per heavy atom. The monoisotopic (exact) mass is 418 g/mol. The maximum absolute atomic E-state index is 12.2. The molecule has 1 amide bonds. The number of rotatable bonds is 6. The van der Waals surface area contributed by atoms with E-state index >= 15 is 0 Å². The normalized spacial score (nSPS) is 16.2. The minimum atomic E-state index is -0.115. The Kier molecular flexibility index (Phi) is 7.45. The maximum atomic E-state index is 12.2. The predicted molar refractivity (Wildman–Crippen MR) is 115 cm³/mol. The molecule has 1 aliphatic heterocycles. The number of hydrazone groups is 1. The van der Waals surface area contributed by atoms with Crippen molar-refractivity contribution in [1.82, 2.24) is 15.2 Å². The van der Waals surface area contributed by atoms with Crippen LogP contribution in [0.1, 0.15) is 18.1 Å². The van der Waals surface area contributed by atoms with Gasteiger partial charge >= 0.3 is 0 Å². The number of halogens is 2. The van der Waals surface area contributed by atoms with Crippen molar-refractivity contribution < 1.29 is 4.79 Å². The van der Waals surface area contributed by atoms with Gasteiger partial charge in [0.05, 0.1) is 22.3 Å². The number of carbonyl (C=O) groups is 1. The third-order valence-corrected chi connectivity index (χ3v) is 5.51. The van der Waals surface area contributed by atoms with Crippen LogP contribution in [-0.4, -0.2) is 54.1 Å². The standard InChI is InChI=1S/C21H24Cl2N4O/c1-16(18-7-8-19(22)20(23)13-18)24-25-21(28)15-27-11-9-26(10-12-27)14-17-5-3-2-4-6-17/h2-8,13H,9-12,14-15H2,1H3,(H,25,28). The van der Waals surface area contributed by atoms with E-state index in [2.05, 4.69) is 44.6 Å². The van der Waals surface area contributed by atoms with Gasteiger partial charge in [0, 0.05) is 32.7 Å². The Balaban J connectivity index is 1.43. The van der Waals surface area contributed by atoms with Gasteiger partial charge in [0.1, 0.15) is 0 Å². The molecule has 1 saturated heterocycles. The Morgan fingerprint density at radius 2 is 1.68 bits per heavy atom. The van der Waals surface area contributed by atoms with Gasteiger partial charge in [-0.15, -0.1) is 0 Å². The quantitative estimate of drug-likeness (QED) is 0.575. The van der Waals surface area contributed by atoms with Gasteiger partial charge in [-0.3, -0.25) is 14.6 Å². The largest absolute Gasteiger partial charge is 0.297 e. The SMILES string of the molecule is CC(=NNC(=O)CN1CCN(Cc2ccccc2)CC1)c1ccc(Cl)c(Cl)c1. The molecule has 7 heteroatoms. The Hall–Kier alpha value is -1.92. The third-order valence-electron chi connectivity index (χ3n) is 4.77. The molecule has 0 radical (unpaired) electrons. The molecular formula is C21H24Cl2N4O. The molecule has 1 aliphatic rings. The topological polar surface area (TPSA) is 47.9 Å². The molecule has 148 valence electrons. The average molecular weight is 419 g/mol. The van der Waals surface area contributed by atoms with Gasteiger partial charge in [0.25, 0.3) is 5.91 Å². The van der Waals surface area contributed by atoms with Crippen molar-refractivity contribution in [3.05, 3.63) is 69.7 Å². The molecule has 2 aromatic carbocycles. The van der Waals surface area contributed by atoms with Gasteiger partial charge in [-0.05, 0) is 30.2 Å². The molecule has 0 unspecified atom stereocenters. The summed E-state index contributed by atoms with van der Waals surface area (Å²) in [6.07, 6.45) is 0. The molecule has 0 spiro atoms. The summed E-state index contributed by atoms with van der Waals surface area (Å²) in [5, 5.41) is 5.14. The number of piperazine rings is 1. The predicted octanol–water partition coefficient (Wildman–Crippen LogP) is 3.65. The number of amides is 1. The highest BCUT2D eigenvalue weighted by atomic mass is 35.5. The minimum absolute atomic E-state index is 0.115. The van der Waals surface area contributed by atoms with Crippen LogP contribution >= 0.6 is 23.2 Å². The first kappa shape index (κ1) is 20.8. The number of hydrogen-bond acceptors (Lipinski definition) is 4. The van der Waals surface area contributed by atoms with Crippen molar-refractivity contribution in [3.63, 3.8) is 0 Å². The molecular weight excluding hydrogens is 395 g/mol. The zero-order valence-corrected chi connectivity index (χ0v) is 17.4. The molecule has 0 saturated carbocycles. The van der Waals surface area contributed by atoms with E-state index in [0.717, 1.165) is 38.3 Å². The average Bonchev–Trinajstić information content (AvgIpc) is 2.70. The lowest BCUT2D eigenvalue weighted by Crippen LogP contribution is -2.48. The van der Waals surface area contributed by atoms with Gasteiger partial charge in [0.15, 0.2) is 0 Å². The van der Waals surface area contributed by atoms with Crippen molar-refractivity contribution in [2.75, 3.05) is 32.7 Å². The summed E-state index contributed by atoms with van der Waals surface area (Å²) in [6, 6.07) is 15.7. The van der Waals surface area contributed by atoms with E-state index in [1.54, 1.807) is 12.1 Å². The van der Waals surface area contributed by atoms with Crippen LogP contribution < -0.4 is 5.43 Å². The lowest BCUT2D eigenvalue weighted by Gasteiger charge is -2.34. The summed E-state index contributed by atoms with van der Waals surface area (Å²) in [4.78, 5) is 16.8. The summed E-state index contributed by atoms with van der Waals surface area (Å²) in [7, 11) is 0. The van der Waals surface area contributed by atoms with Crippen molar-refractivity contribution in [2.24, 2.45) is 5.10 Å². The highest BCUT2D eigenvalue weighted by Crippen LogP contribution is 2.22. The first-order valence-corrected chi connectivity index (χ1v) is 10.0. The fourth-order valence-electron chi connectivity index (χ4n) is 3.12. The lowest BCUT2D eigenvalue weighted by molar-refractivity contribution is -0.122. The first-order chi connectivity index (χ1) is 13.5. The Labute approximate surface area is 175 Å². The highest BCUT2D eigenvalue weighted by Gasteiger charge is 2.18. The molecule has 0 aromatic heterocycles. The van der Waals surface area contributed by atoms with Crippen LogP contribution in [-0.2, 0) is 11.3 Å². The molecule has 1 fully saturated rings. The fourth-order valence-corrected chi connectivity index (χ4v) is 3.42. The van der Waals surface area contributed by atoms with Gasteiger partial charge < -0.3 is 0 Å². The molecule has 0 aliphatic carbocycles. The molecule has 2 aromatic rings. The summed E-state index contributed by atoms with van der Waals surface area (Å²) in [6.45, 7) is 6.76. The molecule has 3 rings (SSSR count). The summed E-state index contributed by atoms with van der Waals surface area (Å²) >= 11 is 12.0. The minimum Gasteiger partial charge on any atom is -0.297 e. The molecule has 1 N–H and O–H groups in total. The third kappa shape index (κ3) is 6.04. The number of carbonyl (C=O) groups excluding carboxylic acids is 1. The summed E-state index contributed by atoms with van der Waals surface area (Å²) < 4.78 is 0. The van der Waals surface area contributed by atoms with E-state index < -0.39 is 0 Å². The molecule has 1 heterocycles. The molecule has 28 heavy (non-hydrogen) atoms. The molecule has 5 nitrogen and oxygen atoms in total. The van der Waals surface area contributed by atoms with Crippen LogP contribution in [0.25, 0.3) is 0 Å². The zero-order chi connectivity index (χ0) is 19.9. The second kappa shape index (κ2) is 10.0. The second-order valence-electron chi connectivity index (χ2n) is 6.90. The molecule has 0 bridgehead atoms. The van der Waals surface area contributed by atoms with E-state index in [1.165, 1.54) is 5.56 Å². The zero-order valence-electron chi connectivity index (χ0n) is 15.9. The van der Waals surface area contributed by atoms with E-state index in [0.29, 0.717) is 22.3 Å². The van der Waals surface area contributed by atoms with E-state index in [9.17, 15) is 4.79 Å². The van der Waals surface area contributed by atoms with Crippen molar-refractivity contribution >= 4 is 34.8 Å². The van der Waals surface area contributed by atoms with E-state index in [1.807, 2.05) is 19.1 Å². The van der Waals surface area contributed by atoms with Gasteiger partial charge in [-0.25, -0.2) is 5.43 Å². The first-order valence-electron chi connectivity index (χ1n) is 9.28. The Bertz CT molecular complexity index is 834. The van der Waals surface area contributed by atoms with Gasteiger partial charge in [0.2, 0.25) is 0 Å². The second-order valence-corrected chi connectivity index (χ2v) is 7.71. The smallest absolute Gasteiger partial charge is 0.254 e. The summed E-state index contributed by atoms with van der Waals surface area (Å²) in [5.74, 6) is -0.115. The van der Waals surface area contributed by atoms with Crippen molar-refractivity contribution in [2.45, 2.75) is 13.5 Å². The van der Waals surface area contributed by atoms with Gasteiger partial charge in [-0.1, -0.05) is 59.6 Å². The molecule has 0 atom stereocenters. The highest BCUT2D eigenvalue weighted by molar-refractivity contribution is 6.42. The van der Waals surface area contributed by atoms with E-state index in [-0.39, 0.29) is 5.91 Å². The Morgan fingerprint density at radius 1 is 1.00 bits per heavy atom. The number of nitrogens with zero attached hydrogens (tertiary/aromatic N) is 3. The van der Waals surface area contributed by atoms with Crippen LogP contribution in [0.3, 0.4) is 0 Å². The van der Waals surface area contributed by atoms with Crippen LogP contribution in [0.2, 0.25) is 10.0 Å². The van der Waals surface area contributed by atoms with Crippen LogP contribution in [0, 0.1) is 0 Å². The maximum Gasteiger partial charge on any atom is 0.254 e. The summed E-state index contributed by atoms with van der Waals surface area (Å²) in [5.41, 5.74) is 5.45. The van der Waals surface area contributed by atoms with Gasteiger partial charge in [-0.2, -0.15) is 5.10 Å². The lowest BCUT2D eigenvalue weighted by atomic mass is 10.1. The van der Waals surface area contributed by atoms with Crippen LogP contribution in [0.15, 0.2) is 53.6 Å². The number of hydrogen-bond donors (Lipinski definition) is 1. The van der Waals surface area contributed by atoms with E-state index in [4.69, 9.17) is 23.2 Å².